The highest BCUT2D eigenvalue weighted by atomic mass is 79.9. The van der Waals surface area contributed by atoms with Crippen LogP contribution in [0.3, 0.4) is 0 Å². The molecule has 1 aromatic rings. The summed E-state index contributed by atoms with van der Waals surface area (Å²) in [6, 6.07) is 3.14. The number of hydrogen-bond donors (Lipinski definition) is 0. The lowest BCUT2D eigenvalue weighted by molar-refractivity contribution is -0.385. The fourth-order valence-corrected chi connectivity index (χ4v) is 1.23. The molecule has 0 saturated carbocycles. The average molecular weight is 450 g/mol. The van der Waals surface area contributed by atoms with Gasteiger partial charge in [0.15, 0.2) is 5.75 Å². The van der Waals surface area contributed by atoms with Crippen molar-refractivity contribution in [1.29, 1.82) is 0 Å². The molecule has 0 amide bonds. The monoisotopic (exact) mass is 447 g/mol. The van der Waals surface area contributed by atoms with Gasteiger partial charge in [-0.25, -0.2) is 0 Å². The average Bonchev–Trinajstić information content (AvgIpc) is 2.20. The minimum absolute atomic E-state index is 0.00176. The van der Waals surface area contributed by atoms with Crippen LogP contribution in [0.25, 0.3) is 0 Å². The largest absolute Gasteiger partial charge is 0.490 e. The fourth-order valence-electron chi connectivity index (χ4n) is 0.992. The summed E-state index contributed by atoms with van der Waals surface area (Å²) in [5, 5.41) is 11.4. The summed E-state index contributed by atoms with van der Waals surface area (Å²) in [6.07, 6.45) is 0. The van der Waals surface area contributed by atoms with Crippen molar-refractivity contribution in [2.45, 2.75) is 6.92 Å². The Bertz CT molecular complexity index is 403. The Balaban J connectivity index is 0.000000557. The van der Waals surface area contributed by atoms with Crippen LogP contribution in [-0.4, -0.2) is 15.2 Å². The van der Waals surface area contributed by atoms with E-state index in [1.807, 2.05) is 6.92 Å². The highest BCUT2D eigenvalue weighted by Gasteiger charge is 2.15. The number of hydrogen-bond acceptors (Lipinski definition) is 3. The summed E-state index contributed by atoms with van der Waals surface area (Å²) in [5.74, 6) is 0.300. The number of aryl methyl sites for hydroxylation is 1. The van der Waals surface area contributed by atoms with Gasteiger partial charge in [-0.3, -0.25) is 10.1 Å². The van der Waals surface area contributed by atoms with E-state index in [2.05, 4.69) is 56.5 Å². The number of nitro benzene ring substituents is 1. The lowest BCUT2D eigenvalue weighted by atomic mass is 10.2. The maximum atomic E-state index is 10.6. The zero-order valence-electron chi connectivity index (χ0n) is 9.12. The first-order chi connectivity index (χ1) is 7.79. The lowest BCUT2D eigenvalue weighted by Gasteiger charge is -2.04. The molecule has 0 aliphatic heterocycles. The molecule has 4 nitrogen and oxygen atoms in total. The third-order valence-corrected chi connectivity index (χ3v) is 2.39. The van der Waals surface area contributed by atoms with Crippen molar-refractivity contribution in [3.8, 4) is 5.75 Å². The molecule has 1 atom stereocenters. The quantitative estimate of drug-likeness (QED) is 0.300. The van der Waals surface area contributed by atoms with E-state index in [0.717, 1.165) is 10.9 Å². The molecule has 94 valence electrons. The van der Waals surface area contributed by atoms with Gasteiger partial charge in [-0.1, -0.05) is 0 Å². The smallest absolute Gasteiger partial charge is 0.369 e. The Kier molecular flexibility index (Phi) is 8.63. The van der Waals surface area contributed by atoms with Crippen LogP contribution in [0, 0.1) is 17.0 Å². The van der Waals surface area contributed by atoms with Crippen LogP contribution < -0.4 is 10.0 Å². The van der Waals surface area contributed by atoms with Crippen LogP contribution in [-0.2, 0) is 0 Å². The van der Waals surface area contributed by atoms with Gasteiger partial charge in [0.05, 0.1) is 12.0 Å². The van der Waals surface area contributed by atoms with Crippen molar-refractivity contribution in [1.82, 2.24) is 0 Å². The van der Waals surface area contributed by atoms with E-state index < -0.39 is 4.92 Å². The zero-order chi connectivity index (χ0) is 13.6. The summed E-state index contributed by atoms with van der Waals surface area (Å²) in [7, 11) is 3.87. The molecule has 0 aliphatic rings. The molecule has 0 spiro atoms. The van der Waals surface area contributed by atoms with Crippen molar-refractivity contribution in [2.75, 3.05) is 7.11 Å². The number of rotatable bonds is 2. The second-order valence-electron chi connectivity index (χ2n) is 2.89. The van der Waals surface area contributed by atoms with E-state index in [4.69, 9.17) is 4.74 Å². The Hall–Kier alpha value is 0.355. The molecule has 9 heteroatoms. The van der Waals surface area contributed by atoms with E-state index in [9.17, 15) is 10.1 Å². The number of nitrogens with zero attached hydrogens (tertiary/aromatic N) is 1. The number of nitro groups is 1. The summed E-state index contributed by atoms with van der Waals surface area (Å²) >= 11 is 9.31. The van der Waals surface area contributed by atoms with Crippen LogP contribution >= 0.6 is 56.5 Å². The standard InChI is InChI=1S/C8H10NO3P.BBr3/c1-5-3-7(12-2)6(9(10)11)4-8(5)13;2-1(3)4/h3-4H,13H2,1-2H3;. The molecule has 0 bridgehead atoms. The first-order valence-electron chi connectivity index (χ1n) is 4.30. The summed E-state index contributed by atoms with van der Waals surface area (Å²) < 4.78 is 5.16. The molecule has 0 fully saturated rings. The van der Waals surface area contributed by atoms with Crippen LogP contribution in [0.4, 0.5) is 5.69 Å². The predicted octanol–water partition coefficient (Wildman–Crippen LogP) is 3.57. The van der Waals surface area contributed by atoms with E-state index >= 15 is 0 Å². The number of methoxy groups -OCH3 is 1. The van der Waals surface area contributed by atoms with Crippen LogP contribution in [0.1, 0.15) is 5.56 Å². The number of ether oxygens (including phenoxy) is 1. The second kappa shape index (κ2) is 8.46. The maximum Gasteiger partial charge on any atom is 0.369 e. The van der Waals surface area contributed by atoms with Gasteiger partial charge in [0.2, 0.25) is 0 Å². The molecule has 1 rings (SSSR count). The first kappa shape index (κ1) is 17.4. The van der Waals surface area contributed by atoms with Gasteiger partial charge in [0, 0.05) is 6.07 Å². The van der Waals surface area contributed by atoms with E-state index in [1.54, 1.807) is 6.07 Å². The second-order valence-corrected chi connectivity index (χ2v) is 9.94. The lowest BCUT2D eigenvalue weighted by Crippen LogP contribution is -2.02. The molecule has 17 heavy (non-hydrogen) atoms. The van der Waals surface area contributed by atoms with Crippen molar-refractivity contribution < 1.29 is 9.66 Å². The summed E-state index contributed by atoms with van der Waals surface area (Å²) in [5.41, 5.74) is 0.950. The van der Waals surface area contributed by atoms with Gasteiger partial charge in [-0.05, 0) is 23.9 Å². The highest BCUT2D eigenvalue weighted by molar-refractivity contribution is 9.69. The van der Waals surface area contributed by atoms with Gasteiger partial charge < -0.3 is 4.74 Å². The molecule has 0 aromatic heterocycles. The van der Waals surface area contributed by atoms with Gasteiger partial charge in [-0.15, -0.1) is 56.5 Å². The summed E-state index contributed by atoms with van der Waals surface area (Å²) in [6.45, 7) is 1.87. The highest BCUT2D eigenvalue weighted by Crippen LogP contribution is 2.26. The van der Waals surface area contributed by atoms with E-state index in [1.165, 1.54) is 13.2 Å². The van der Waals surface area contributed by atoms with Crippen LogP contribution in [0.5, 0.6) is 5.75 Å². The molecule has 0 heterocycles. The fraction of sp³-hybridized carbons (Fsp3) is 0.250. The Morgan fingerprint density at radius 1 is 1.41 bits per heavy atom. The topological polar surface area (TPSA) is 52.4 Å². The maximum absolute atomic E-state index is 10.6. The molecule has 0 aliphatic carbocycles. The minimum Gasteiger partial charge on any atom is -0.490 e. The van der Waals surface area contributed by atoms with Gasteiger partial charge in [0.1, 0.15) is 0 Å². The van der Waals surface area contributed by atoms with Crippen LogP contribution in [0.15, 0.2) is 12.1 Å². The van der Waals surface area contributed by atoms with Crippen molar-refractivity contribution in [3.05, 3.63) is 27.8 Å². The van der Waals surface area contributed by atoms with E-state index in [0.29, 0.717) is 5.75 Å². The minimum atomic E-state index is -0.453. The molecule has 0 N–H and O–H groups in total. The normalized spacial score (nSPS) is 9.06. The predicted molar refractivity (Wildman–Crippen MR) is 86.3 cm³/mol. The zero-order valence-corrected chi connectivity index (χ0v) is 15.0. The van der Waals surface area contributed by atoms with Crippen molar-refractivity contribution in [3.63, 3.8) is 0 Å². The Morgan fingerprint density at radius 3 is 2.24 bits per heavy atom. The van der Waals surface area contributed by atoms with Gasteiger partial charge in [0.25, 0.3) is 0 Å². The van der Waals surface area contributed by atoms with Crippen LogP contribution in [0.2, 0.25) is 0 Å². The van der Waals surface area contributed by atoms with E-state index in [-0.39, 0.29) is 8.87 Å². The Morgan fingerprint density at radius 2 is 1.88 bits per heavy atom. The van der Waals surface area contributed by atoms with Crippen molar-refractivity contribution >= 4 is 70.7 Å². The third-order valence-electron chi connectivity index (χ3n) is 1.76. The molecular weight excluding hydrogens is 440 g/mol. The number of halogens is 3. The SMILES string of the molecule is BrB(Br)Br.COc1cc(C)c(P)cc1[N+](=O)[O-]. The molecule has 1 unspecified atom stereocenters. The van der Waals surface area contributed by atoms with Gasteiger partial charge in [-0.2, -0.15) is 0 Å². The molecule has 0 saturated heterocycles. The summed E-state index contributed by atoms with van der Waals surface area (Å²) in [4.78, 5) is 10.1. The molecule has 0 radical (unpaired) electrons. The first-order valence-corrected chi connectivity index (χ1v) is 7.62. The molecule has 1 aromatic carbocycles. The Labute approximate surface area is 127 Å². The third kappa shape index (κ3) is 6.74. The van der Waals surface area contributed by atoms with Crippen molar-refractivity contribution in [2.24, 2.45) is 0 Å². The number of benzene rings is 1. The van der Waals surface area contributed by atoms with Gasteiger partial charge >= 0.3 is 8.87 Å². The molecular formula is C8H10BBr3NO3P.